The Morgan fingerprint density at radius 3 is 2.43 bits per heavy atom. The van der Waals surface area contributed by atoms with Crippen molar-refractivity contribution in [2.24, 2.45) is 11.8 Å². The van der Waals surface area contributed by atoms with Crippen LogP contribution in [-0.2, 0) is 6.18 Å². The van der Waals surface area contributed by atoms with Gasteiger partial charge in [0.1, 0.15) is 7.05 Å². The summed E-state index contributed by atoms with van der Waals surface area (Å²) in [6.45, 7) is 3.04. The van der Waals surface area contributed by atoms with Gasteiger partial charge in [0.15, 0.2) is 5.13 Å². The van der Waals surface area contributed by atoms with Crippen LogP contribution in [0.15, 0.2) is 28.9 Å². The van der Waals surface area contributed by atoms with Gasteiger partial charge in [0.25, 0.3) is 0 Å². The number of nitrogens with zero attached hydrogens (tertiary/aromatic N) is 7. The van der Waals surface area contributed by atoms with Crippen LogP contribution in [0, 0.1) is 18.9 Å². The van der Waals surface area contributed by atoms with Crippen molar-refractivity contribution in [2.75, 3.05) is 36.0 Å². The monoisotopic (exact) mass is 497 g/mol. The zero-order valence-corrected chi connectivity index (χ0v) is 17.8. The fraction of sp³-hybridized carbons (Fsp3) is 0.389. The summed E-state index contributed by atoms with van der Waals surface area (Å²) in [6, 6.07) is 3.80. The molecule has 156 valence electrons. The van der Waals surface area contributed by atoms with Gasteiger partial charge in [-0.3, -0.25) is 0 Å². The molecule has 2 saturated heterocycles. The van der Waals surface area contributed by atoms with Crippen molar-refractivity contribution in [3.8, 4) is 10.7 Å². The molecule has 0 spiro atoms. The Balaban J connectivity index is 1.29. The van der Waals surface area contributed by atoms with E-state index in [0.29, 0.717) is 40.9 Å². The molecule has 0 N–H and O–H groups in total. The number of anilines is 2. The lowest BCUT2D eigenvalue weighted by molar-refractivity contribution is -0.137. The Kier molecular flexibility index (Phi) is 4.73. The molecule has 3 aromatic rings. The minimum absolute atomic E-state index is 0.363. The van der Waals surface area contributed by atoms with Gasteiger partial charge in [-0.25, -0.2) is 4.98 Å². The van der Waals surface area contributed by atoms with Gasteiger partial charge in [-0.1, -0.05) is 11.3 Å². The molecule has 1 aromatic carbocycles. The van der Waals surface area contributed by atoms with E-state index in [1.165, 1.54) is 23.5 Å². The van der Waals surface area contributed by atoms with Crippen LogP contribution in [0.1, 0.15) is 5.56 Å². The maximum absolute atomic E-state index is 13.1. The molecule has 0 aliphatic carbocycles. The SMILES string of the molecule is [CH]n1nnc(-c2cnc(N3CC4CN(c5cc(C(F)(F)F)ccc5Br)CC4C3)s2)n1. The first-order valence-electron chi connectivity index (χ1n) is 9.16. The highest BCUT2D eigenvalue weighted by molar-refractivity contribution is 9.10. The Hall–Kier alpha value is -2.21. The van der Waals surface area contributed by atoms with Gasteiger partial charge in [-0.05, 0) is 39.3 Å². The molecule has 12 heteroatoms. The average Bonchev–Trinajstić information content (AvgIpc) is 3.43. The number of tetrazole rings is 1. The van der Waals surface area contributed by atoms with Crippen LogP contribution in [-0.4, -0.2) is 51.4 Å². The van der Waals surface area contributed by atoms with Gasteiger partial charge in [0, 0.05) is 42.5 Å². The summed E-state index contributed by atoms with van der Waals surface area (Å²) in [7, 11) is 5.45. The summed E-state index contributed by atoms with van der Waals surface area (Å²) in [4.78, 5) is 10.4. The van der Waals surface area contributed by atoms with Gasteiger partial charge in [-0.2, -0.15) is 18.0 Å². The number of halogens is 4. The number of aromatic nitrogens is 5. The van der Waals surface area contributed by atoms with Crippen LogP contribution in [0.4, 0.5) is 24.0 Å². The van der Waals surface area contributed by atoms with E-state index in [4.69, 9.17) is 7.05 Å². The third-order valence-electron chi connectivity index (χ3n) is 5.51. The zero-order chi connectivity index (χ0) is 21.0. The highest BCUT2D eigenvalue weighted by Crippen LogP contribution is 2.41. The molecular formula is C18H15BrF3N7S. The third kappa shape index (κ3) is 3.55. The standard InChI is InChI=1S/C18H15BrF3N7S/c1-27-25-16(24-26-27)15-5-23-17(30-15)29-8-10-6-28(7-11(10)9-29)14-4-12(18(20,21)22)2-3-13(14)19/h1-5,10-11H,6-9H2. The number of fused-ring (bicyclic) bond motifs is 1. The van der Waals surface area contributed by atoms with Gasteiger partial charge in [0.05, 0.1) is 22.3 Å². The molecule has 2 radical (unpaired) electrons. The molecular weight excluding hydrogens is 483 g/mol. The summed E-state index contributed by atoms with van der Waals surface area (Å²) in [5, 5.41) is 12.4. The summed E-state index contributed by atoms with van der Waals surface area (Å²) in [6.07, 6.45) is -2.65. The number of hydrogen-bond acceptors (Lipinski definition) is 7. The van der Waals surface area contributed by atoms with E-state index in [0.717, 1.165) is 34.0 Å². The van der Waals surface area contributed by atoms with E-state index in [2.05, 4.69) is 41.2 Å². The molecule has 2 atom stereocenters. The fourth-order valence-corrected chi connectivity index (χ4v) is 5.47. The summed E-state index contributed by atoms with van der Waals surface area (Å²) < 4.78 is 40.0. The lowest BCUT2D eigenvalue weighted by atomic mass is 10.0. The molecule has 0 bridgehead atoms. The lowest BCUT2D eigenvalue weighted by Crippen LogP contribution is -2.29. The maximum Gasteiger partial charge on any atom is 0.416 e. The van der Waals surface area contributed by atoms with Crippen molar-refractivity contribution in [1.82, 2.24) is 25.2 Å². The third-order valence-corrected chi connectivity index (χ3v) is 7.24. The summed E-state index contributed by atoms with van der Waals surface area (Å²) in [5.74, 6) is 1.16. The van der Waals surface area contributed by atoms with E-state index in [9.17, 15) is 13.2 Å². The molecule has 7 nitrogen and oxygen atoms in total. The molecule has 0 amide bonds. The van der Waals surface area contributed by atoms with Gasteiger partial charge >= 0.3 is 6.18 Å². The number of rotatable bonds is 3. The van der Waals surface area contributed by atoms with E-state index in [-0.39, 0.29) is 0 Å². The summed E-state index contributed by atoms with van der Waals surface area (Å²) >= 11 is 4.88. The van der Waals surface area contributed by atoms with Crippen molar-refractivity contribution < 1.29 is 13.2 Å². The topological polar surface area (TPSA) is 63.0 Å². The first-order valence-corrected chi connectivity index (χ1v) is 10.8. The zero-order valence-electron chi connectivity index (χ0n) is 15.4. The Bertz CT molecular complexity index is 1070. The largest absolute Gasteiger partial charge is 0.416 e. The Morgan fingerprint density at radius 2 is 1.80 bits per heavy atom. The predicted molar refractivity (Wildman–Crippen MR) is 109 cm³/mol. The number of benzene rings is 1. The molecule has 0 saturated carbocycles. The van der Waals surface area contributed by atoms with Crippen LogP contribution < -0.4 is 9.80 Å². The normalized spacial score (nSPS) is 21.5. The summed E-state index contributed by atoms with van der Waals surface area (Å²) in [5.41, 5.74) is -0.0315. The average molecular weight is 498 g/mol. The number of thiazole rings is 1. The van der Waals surface area contributed by atoms with Gasteiger partial charge in [0.2, 0.25) is 5.82 Å². The minimum atomic E-state index is -4.35. The predicted octanol–water partition coefficient (Wildman–Crippen LogP) is 3.67. The molecule has 4 heterocycles. The van der Waals surface area contributed by atoms with Crippen molar-refractivity contribution >= 4 is 38.1 Å². The second kappa shape index (κ2) is 7.19. The fourth-order valence-electron chi connectivity index (χ4n) is 4.12. The number of alkyl halides is 3. The molecule has 2 fully saturated rings. The highest BCUT2D eigenvalue weighted by atomic mass is 79.9. The van der Waals surface area contributed by atoms with E-state index in [1.807, 2.05) is 4.90 Å². The first kappa shape index (κ1) is 19.7. The second-order valence-electron chi connectivity index (χ2n) is 7.43. The van der Waals surface area contributed by atoms with Crippen molar-refractivity contribution in [3.63, 3.8) is 0 Å². The van der Waals surface area contributed by atoms with E-state index in [1.54, 1.807) is 6.20 Å². The maximum atomic E-state index is 13.1. The Labute approximate surface area is 182 Å². The van der Waals surface area contributed by atoms with Crippen LogP contribution in [0.25, 0.3) is 10.7 Å². The quantitative estimate of drug-likeness (QED) is 0.550. The molecule has 2 aromatic heterocycles. The number of hydrogen-bond donors (Lipinski definition) is 0. The smallest absolute Gasteiger partial charge is 0.370 e. The van der Waals surface area contributed by atoms with Gasteiger partial charge in [-0.15, -0.1) is 10.2 Å². The second-order valence-corrected chi connectivity index (χ2v) is 9.30. The molecule has 2 unspecified atom stereocenters. The Morgan fingerprint density at radius 1 is 1.10 bits per heavy atom. The molecule has 5 rings (SSSR count). The van der Waals surface area contributed by atoms with Crippen molar-refractivity contribution in [2.45, 2.75) is 6.18 Å². The molecule has 30 heavy (non-hydrogen) atoms. The molecule has 2 aliphatic heterocycles. The van der Waals surface area contributed by atoms with E-state index < -0.39 is 11.7 Å². The van der Waals surface area contributed by atoms with Crippen molar-refractivity contribution in [1.29, 1.82) is 0 Å². The van der Waals surface area contributed by atoms with Crippen molar-refractivity contribution in [3.05, 3.63) is 41.5 Å². The van der Waals surface area contributed by atoms with Crippen LogP contribution in [0.5, 0.6) is 0 Å². The molecule has 2 aliphatic rings. The van der Waals surface area contributed by atoms with Crippen LogP contribution in [0.2, 0.25) is 0 Å². The minimum Gasteiger partial charge on any atom is -0.370 e. The van der Waals surface area contributed by atoms with E-state index >= 15 is 0 Å². The highest BCUT2D eigenvalue weighted by Gasteiger charge is 2.42. The lowest BCUT2D eigenvalue weighted by Gasteiger charge is -2.24. The van der Waals surface area contributed by atoms with Crippen LogP contribution in [0.3, 0.4) is 0 Å². The first-order chi connectivity index (χ1) is 14.3. The van der Waals surface area contributed by atoms with Crippen LogP contribution >= 0.6 is 27.3 Å². The van der Waals surface area contributed by atoms with Gasteiger partial charge < -0.3 is 9.80 Å².